The van der Waals surface area contributed by atoms with Crippen molar-refractivity contribution in [1.82, 2.24) is 4.98 Å². The molecule has 9 heteroatoms. The summed E-state index contributed by atoms with van der Waals surface area (Å²) in [5, 5.41) is 9.66. The van der Waals surface area contributed by atoms with Gasteiger partial charge in [0.05, 0.1) is 11.3 Å². The van der Waals surface area contributed by atoms with Crippen LogP contribution in [0.3, 0.4) is 0 Å². The fourth-order valence-corrected chi connectivity index (χ4v) is 4.93. The van der Waals surface area contributed by atoms with Crippen molar-refractivity contribution in [3.63, 3.8) is 0 Å². The Bertz CT molecular complexity index is 1080. The topological polar surface area (TPSA) is 59.4 Å². The van der Waals surface area contributed by atoms with Crippen molar-refractivity contribution in [1.29, 1.82) is 0 Å². The van der Waals surface area contributed by atoms with Gasteiger partial charge in [-0.05, 0) is 56.7 Å². The van der Waals surface area contributed by atoms with Crippen molar-refractivity contribution in [2.75, 3.05) is 0 Å². The third-order valence-electron chi connectivity index (χ3n) is 4.52. The van der Waals surface area contributed by atoms with E-state index in [0.29, 0.717) is 22.1 Å². The van der Waals surface area contributed by atoms with Crippen LogP contribution in [-0.2, 0) is 16.7 Å². The Balaban J connectivity index is 1.68. The van der Waals surface area contributed by atoms with E-state index in [1.165, 1.54) is 30.4 Å². The van der Waals surface area contributed by atoms with E-state index in [-0.39, 0.29) is 0 Å². The van der Waals surface area contributed by atoms with Crippen molar-refractivity contribution in [2.24, 2.45) is 0 Å². The fraction of sp³-hybridized carbons (Fsp3) is 0.273. The largest absolute Gasteiger partial charge is 0.479 e. The molecule has 0 spiro atoms. The molecule has 1 N–H and O–H groups in total. The maximum atomic E-state index is 12.8. The summed E-state index contributed by atoms with van der Waals surface area (Å²) >= 11 is 3.06. The number of ether oxygens (including phenoxy) is 1. The van der Waals surface area contributed by atoms with Crippen LogP contribution in [0.2, 0.25) is 0 Å². The molecule has 0 aliphatic heterocycles. The average Bonchev–Trinajstić information content (AvgIpc) is 3.08. The zero-order valence-corrected chi connectivity index (χ0v) is 18.6. The molecule has 0 aliphatic rings. The molecule has 1 aromatic heterocycles. The average molecular weight is 468 g/mol. The number of thiazole rings is 1. The highest BCUT2D eigenvalue weighted by Crippen LogP contribution is 2.35. The summed E-state index contributed by atoms with van der Waals surface area (Å²) < 4.78 is 43.7. The number of carboxylic acids is 1. The lowest BCUT2D eigenvalue weighted by Gasteiger charge is -2.13. The van der Waals surface area contributed by atoms with Gasteiger partial charge in [-0.25, -0.2) is 9.78 Å². The molecule has 0 amide bonds. The minimum Gasteiger partial charge on any atom is -0.479 e. The van der Waals surface area contributed by atoms with Crippen LogP contribution in [0.15, 0.2) is 47.4 Å². The molecule has 31 heavy (non-hydrogen) atoms. The minimum atomic E-state index is -4.36. The number of aromatic nitrogens is 1. The summed E-state index contributed by atoms with van der Waals surface area (Å²) in [6.07, 6.45) is -5.29. The van der Waals surface area contributed by atoms with Crippen molar-refractivity contribution < 1.29 is 27.8 Å². The SMILES string of the molecule is Cc1cc(SCc2sc(-c3ccc(C(F)(F)F)cc3)nc2C)ccc1OC(C)C(=O)O. The van der Waals surface area contributed by atoms with Crippen molar-refractivity contribution in [2.45, 2.75) is 43.7 Å². The van der Waals surface area contributed by atoms with Gasteiger partial charge in [0.2, 0.25) is 0 Å². The normalized spacial score (nSPS) is 12.6. The number of thioether (sulfide) groups is 1. The lowest BCUT2D eigenvalue weighted by Crippen LogP contribution is -2.23. The van der Waals surface area contributed by atoms with Gasteiger partial charge in [0.15, 0.2) is 6.10 Å². The summed E-state index contributed by atoms with van der Waals surface area (Å²) in [6, 6.07) is 10.6. The third-order valence-corrected chi connectivity index (χ3v) is 6.93. The molecule has 4 nitrogen and oxygen atoms in total. The number of carbonyl (C=O) groups is 1. The summed E-state index contributed by atoms with van der Waals surface area (Å²) in [7, 11) is 0. The Morgan fingerprint density at radius 2 is 1.87 bits per heavy atom. The van der Waals surface area contributed by atoms with Gasteiger partial charge in [0, 0.05) is 21.1 Å². The molecule has 1 atom stereocenters. The quantitative estimate of drug-likeness (QED) is 0.397. The number of rotatable bonds is 7. The predicted molar refractivity (Wildman–Crippen MR) is 116 cm³/mol. The fourth-order valence-electron chi connectivity index (χ4n) is 2.72. The molecule has 0 radical (unpaired) electrons. The summed E-state index contributed by atoms with van der Waals surface area (Å²) in [5.41, 5.74) is 1.66. The summed E-state index contributed by atoms with van der Waals surface area (Å²) in [6.45, 7) is 5.22. The van der Waals surface area contributed by atoms with Crippen molar-refractivity contribution in [3.05, 3.63) is 64.2 Å². The van der Waals surface area contributed by atoms with Gasteiger partial charge in [0.1, 0.15) is 10.8 Å². The number of benzene rings is 2. The van der Waals surface area contributed by atoms with E-state index < -0.39 is 23.8 Å². The first-order chi connectivity index (χ1) is 14.5. The first-order valence-electron chi connectivity index (χ1n) is 9.31. The highest BCUT2D eigenvalue weighted by molar-refractivity contribution is 7.98. The Morgan fingerprint density at radius 1 is 1.19 bits per heavy atom. The van der Waals surface area contributed by atoms with Gasteiger partial charge in [-0.3, -0.25) is 0 Å². The molecule has 0 saturated heterocycles. The number of hydrogen-bond donors (Lipinski definition) is 1. The number of carboxylic acid groups (broad SMARTS) is 1. The highest BCUT2D eigenvalue weighted by Gasteiger charge is 2.30. The highest BCUT2D eigenvalue weighted by atomic mass is 32.2. The summed E-state index contributed by atoms with van der Waals surface area (Å²) in [5.74, 6) is 0.162. The van der Waals surface area contributed by atoms with E-state index in [1.54, 1.807) is 17.8 Å². The number of aliphatic carboxylic acids is 1. The zero-order valence-electron chi connectivity index (χ0n) is 17.0. The smallest absolute Gasteiger partial charge is 0.416 e. The standard InChI is InChI=1S/C22H20F3NO3S2/c1-12-10-17(8-9-18(12)29-14(3)21(27)28)30-11-19-13(2)26-20(31-19)15-4-6-16(7-5-15)22(23,24)25/h4-10,14H,11H2,1-3H3,(H,27,28). The number of alkyl halides is 3. The van der Waals surface area contributed by atoms with Gasteiger partial charge < -0.3 is 9.84 Å². The van der Waals surface area contributed by atoms with Crippen LogP contribution in [0.4, 0.5) is 13.2 Å². The third kappa shape index (κ3) is 5.80. The van der Waals surface area contributed by atoms with Gasteiger partial charge >= 0.3 is 12.1 Å². The number of hydrogen-bond acceptors (Lipinski definition) is 5. The van der Waals surface area contributed by atoms with Crippen molar-refractivity contribution >= 4 is 29.1 Å². The lowest BCUT2D eigenvalue weighted by molar-refractivity contribution is -0.144. The molecule has 3 rings (SSSR count). The number of aryl methyl sites for hydroxylation is 2. The van der Waals surface area contributed by atoms with E-state index in [1.807, 2.05) is 26.0 Å². The van der Waals surface area contributed by atoms with E-state index in [9.17, 15) is 18.0 Å². The molecular weight excluding hydrogens is 447 g/mol. The Labute approximate surface area is 186 Å². The van der Waals surface area contributed by atoms with Crippen LogP contribution in [0, 0.1) is 13.8 Å². The Hall–Kier alpha value is -2.52. The van der Waals surface area contributed by atoms with Crippen LogP contribution in [-0.4, -0.2) is 22.2 Å². The van der Waals surface area contributed by atoms with Gasteiger partial charge in [-0.1, -0.05) is 12.1 Å². The zero-order chi connectivity index (χ0) is 22.8. The van der Waals surface area contributed by atoms with E-state index in [4.69, 9.17) is 9.84 Å². The molecule has 1 unspecified atom stereocenters. The number of nitrogens with zero attached hydrogens (tertiary/aromatic N) is 1. The summed E-state index contributed by atoms with van der Waals surface area (Å²) in [4.78, 5) is 17.5. The van der Waals surface area contributed by atoms with Gasteiger partial charge in [0.25, 0.3) is 0 Å². The second kappa shape index (κ2) is 9.32. The molecule has 0 saturated carbocycles. The Morgan fingerprint density at radius 3 is 2.45 bits per heavy atom. The molecule has 2 aromatic carbocycles. The predicted octanol–water partition coefficient (Wildman–Crippen LogP) is 6.59. The van der Waals surface area contributed by atoms with E-state index in [2.05, 4.69) is 4.98 Å². The van der Waals surface area contributed by atoms with Gasteiger partial charge in [-0.2, -0.15) is 13.2 Å². The monoisotopic (exact) mass is 467 g/mol. The molecule has 0 bridgehead atoms. The van der Waals surface area contributed by atoms with E-state index in [0.717, 1.165) is 33.2 Å². The van der Waals surface area contributed by atoms with Gasteiger partial charge in [-0.15, -0.1) is 23.1 Å². The van der Waals surface area contributed by atoms with Crippen LogP contribution in [0.1, 0.15) is 28.6 Å². The molecule has 3 aromatic rings. The van der Waals surface area contributed by atoms with Crippen LogP contribution in [0.5, 0.6) is 5.75 Å². The van der Waals surface area contributed by atoms with Crippen LogP contribution < -0.4 is 4.74 Å². The second-order valence-corrected chi connectivity index (χ2v) is 9.05. The molecule has 164 valence electrons. The van der Waals surface area contributed by atoms with Crippen LogP contribution >= 0.6 is 23.1 Å². The van der Waals surface area contributed by atoms with Crippen molar-refractivity contribution in [3.8, 4) is 16.3 Å². The first-order valence-corrected chi connectivity index (χ1v) is 11.1. The second-order valence-electron chi connectivity index (χ2n) is 6.92. The van der Waals surface area contributed by atoms with Crippen LogP contribution in [0.25, 0.3) is 10.6 Å². The first kappa shape index (κ1) is 23.1. The molecular formula is C22H20F3NO3S2. The van der Waals surface area contributed by atoms with E-state index >= 15 is 0 Å². The lowest BCUT2D eigenvalue weighted by atomic mass is 10.1. The molecule has 0 fully saturated rings. The number of halogens is 3. The Kier molecular flexibility index (Phi) is 6.96. The molecule has 1 heterocycles. The maximum absolute atomic E-state index is 12.8. The minimum absolute atomic E-state index is 0.526. The molecule has 0 aliphatic carbocycles. The maximum Gasteiger partial charge on any atom is 0.416 e.